The lowest BCUT2D eigenvalue weighted by atomic mass is 9.90. The van der Waals surface area contributed by atoms with Crippen LogP contribution >= 0.6 is 0 Å². The molecule has 0 fully saturated rings. The van der Waals surface area contributed by atoms with Crippen molar-refractivity contribution in [3.63, 3.8) is 0 Å². The summed E-state index contributed by atoms with van der Waals surface area (Å²) in [5.41, 5.74) is 0.248. The van der Waals surface area contributed by atoms with Gasteiger partial charge in [-0.3, -0.25) is 9.59 Å². The number of amides is 1. The zero-order valence-corrected chi connectivity index (χ0v) is 12.6. The monoisotopic (exact) mass is 293 g/mol. The van der Waals surface area contributed by atoms with E-state index in [4.69, 9.17) is 9.84 Å². The first kappa shape index (κ1) is 17.2. The minimum atomic E-state index is -0.858. The Morgan fingerprint density at radius 2 is 1.90 bits per heavy atom. The maximum atomic E-state index is 11.6. The van der Waals surface area contributed by atoms with Crippen molar-refractivity contribution in [1.29, 1.82) is 0 Å². The molecule has 0 aliphatic rings. The highest BCUT2D eigenvalue weighted by Crippen LogP contribution is 2.19. The second-order valence-corrected chi connectivity index (χ2v) is 5.58. The van der Waals surface area contributed by atoms with Crippen LogP contribution in [0.1, 0.15) is 32.3 Å². The van der Waals surface area contributed by atoms with E-state index in [1.54, 1.807) is 13.8 Å². The quantitative estimate of drug-likeness (QED) is 0.684. The second kappa shape index (κ2) is 8.42. The first-order valence-corrected chi connectivity index (χ1v) is 7.03. The predicted molar refractivity (Wildman–Crippen MR) is 79.8 cm³/mol. The summed E-state index contributed by atoms with van der Waals surface area (Å²) >= 11 is 0. The number of ether oxygens (including phenoxy) is 1. The summed E-state index contributed by atoms with van der Waals surface area (Å²) in [4.78, 5) is 22.5. The Balaban J connectivity index is 2.10. The smallest absolute Gasteiger partial charge is 0.309 e. The summed E-state index contributed by atoms with van der Waals surface area (Å²) in [6.07, 6.45) is 0.680. The topological polar surface area (TPSA) is 75.6 Å². The normalized spacial score (nSPS) is 11.1. The Kier molecular flexibility index (Phi) is 6.88. The fourth-order valence-electron chi connectivity index (χ4n) is 1.64. The van der Waals surface area contributed by atoms with Gasteiger partial charge in [0.25, 0.3) is 0 Å². The molecule has 1 rings (SSSR count). The third kappa shape index (κ3) is 6.90. The van der Waals surface area contributed by atoms with E-state index in [1.807, 2.05) is 30.3 Å². The van der Waals surface area contributed by atoms with E-state index in [-0.39, 0.29) is 12.3 Å². The summed E-state index contributed by atoms with van der Waals surface area (Å²) < 4.78 is 5.42. The number of nitrogens with one attached hydrogen (secondary N) is 1. The zero-order chi connectivity index (χ0) is 15.7. The van der Waals surface area contributed by atoms with Gasteiger partial charge in [0.1, 0.15) is 0 Å². The highest BCUT2D eigenvalue weighted by atomic mass is 16.5. The standard InChI is InChI=1S/C16H23NO4/c1-16(2,15(19)20)9-10-17-14(18)8-11-21-12-13-6-4-3-5-7-13/h3-7H,8-12H2,1-2H3,(H,17,18)(H,19,20). The number of hydrogen-bond acceptors (Lipinski definition) is 3. The molecular formula is C16H23NO4. The molecule has 21 heavy (non-hydrogen) atoms. The third-order valence-electron chi connectivity index (χ3n) is 3.24. The largest absolute Gasteiger partial charge is 0.481 e. The zero-order valence-electron chi connectivity index (χ0n) is 12.6. The first-order chi connectivity index (χ1) is 9.92. The van der Waals surface area contributed by atoms with Crippen molar-refractivity contribution in [3.05, 3.63) is 35.9 Å². The Hall–Kier alpha value is -1.88. The molecule has 0 aliphatic heterocycles. The van der Waals surface area contributed by atoms with E-state index < -0.39 is 11.4 Å². The van der Waals surface area contributed by atoms with Crippen molar-refractivity contribution in [2.75, 3.05) is 13.2 Å². The van der Waals surface area contributed by atoms with Gasteiger partial charge in [0, 0.05) is 13.0 Å². The number of hydrogen-bond donors (Lipinski definition) is 2. The highest BCUT2D eigenvalue weighted by molar-refractivity contribution is 5.76. The molecule has 5 heteroatoms. The van der Waals surface area contributed by atoms with Crippen LogP contribution in [0.25, 0.3) is 0 Å². The highest BCUT2D eigenvalue weighted by Gasteiger charge is 2.26. The van der Waals surface area contributed by atoms with Gasteiger partial charge < -0.3 is 15.2 Å². The average molecular weight is 293 g/mol. The Morgan fingerprint density at radius 1 is 1.24 bits per heavy atom. The van der Waals surface area contributed by atoms with Gasteiger partial charge in [0.05, 0.1) is 18.6 Å². The molecule has 0 spiro atoms. The van der Waals surface area contributed by atoms with E-state index in [0.29, 0.717) is 26.2 Å². The van der Waals surface area contributed by atoms with Gasteiger partial charge in [-0.1, -0.05) is 30.3 Å². The number of carbonyl (C=O) groups excluding carboxylic acids is 1. The Morgan fingerprint density at radius 3 is 2.52 bits per heavy atom. The van der Waals surface area contributed by atoms with E-state index in [9.17, 15) is 9.59 Å². The molecule has 0 saturated carbocycles. The molecular weight excluding hydrogens is 270 g/mol. The maximum Gasteiger partial charge on any atom is 0.309 e. The van der Waals surface area contributed by atoms with E-state index in [1.165, 1.54) is 0 Å². The second-order valence-electron chi connectivity index (χ2n) is 5.58. The van der Waals surface area contributed by atoms with Crippen molar-refractivity contribution in [2.24, 2.45) is 5.41 Å². The number of rotatable bonds is 9. The lowest BCUT2D eigenvalue weighted by Gasteiger charge is -2.18. The molecule has 5 nitrogen and oxygen atoms in total. The number of carbonyl (C=O) groups is 2. The molecule has 1 amide bonds. The number of aliphatic carboxylic acids is 1. The van der Waals surface area contributed by atoms with Crippen molar-refractivity contribution in [3.8, 4) is 0 Å². The van der Waals surface area contributed by atoms with Crippen molar-refractivity contribution >= 4 is 11.9 Å². The van der Waals surface area contributed by atoms with E-state index in [2.05, 4.69) is 5.32 Å². The van der Waals surface area contributed by atoms with Crippen LogP contribution in [0.4, 0.5) is 0 Å². The van der Waals surface area contributed by atoms with Crippen LogP contribution in [0, 0.1) is 5.41 Å². The SMILES string of the molecule is CC(C)(CCNC(=O)CCOCc1ccccc1)C(=O)O. The average Bonchev–Trinajstić information content (AvgIpc) is 2.44. The summed E-state index contributed by atoms with van der Waals surface area (Å²) in [6.45, 7) is 4.48. The lowest BCUT2D eigenvalue weighted by molar-refractivity contribution is -0.147. The molecule has 0 aromatic heterocycles. The minimum absolute atomic E-state index is 0.121. The Bertz CT molecular complexity index is 457. The molecule has 0 radical (unpaired) electrons. The van der Waals surface area contributed by atoms with Crippen LogP contribution in [0.15, 0.2) is 30.3 Å². The van der Waals surface area contributed by atoms with Gasteiger partial charge in [0.2, 0.25) is 5.91 Å². The molecule has 0 aliphatic carbocycles. The molecule has 1 aromatic rings. The van der Waals surface area contributed by atoms with Gasteiger partial charge in [-0.25, -0.2) is 0 Å². The van der Waals surface area contributed by atoms with Crippen molar-refractivity contribution < 1.29 is 19.4 Å². The molecule has 0 saturated heterocycles. The van der Waals surface area contributed by atoms with Gasteiger partial charge in [-0.15, -0.1) is 0 Å². The fourth-order valence-corrected chi connectivity index (χ4v) is 1.64. The van der Waals surface area contributed by atoms with Gasteiger partial charge in [0.15, 0.2) is 0 Å². The Labute approximate surface area is 125 Å². The molecule has 0 unspecified atom stereocenters. The van der Waals surface area contributed by atoms with Crippen LogP contribution in [0.3, 0.4) is 0 Å². The third-order valence-corrected chi connectivity index (χ3v) is 3.24. The fraction of sp³-hybridized carbons (Fsp3) is 0.500. The maximum absolute atomic E-state index is 11.6. The molecule has 0 bridgehead atoms. The van der Waals surface area contributed by atoms with Crippen molar-refractivity contribution in [1.82, 2.24) is 5.32 Å². The molecule has 1 aromatic carbocycles. The molecule has 0 heterocycles. The van der Waals surface area contributed by atoms with Crippen molar-refractivity contribution in [2.45, 2.75) is 33.3 Å². The summed E-state index contributed by atoms with van der Waals surface area (Å²) in [5.74, 6) is -0.979. The van der Waals surface area contributed by atoms with E-state index in [0.717, 1.165) is 5.56 Å². The summed E-state index contributed by atoms with van der Waals surface area (Å²) in [6, 6.07) is 9.75. The van der Waals surface area contributed by atoms with E-state index >= 15 is 0 Å². The molecule has 2 N–H and O–H groups in total. The van der Waals surface area contributed by atoms with Crippen LogP contribution in [-0.4, -0.2) is 30.1 Å². The van der Waals surface area contributed by atoms with Gasteiger partial charge in [-0.05, 0) is 25.8 Å². The number of benzene rings is 1. The van der Waals surface area contributed by atoms with Gasteiger partial charge in [-0.2, -0.15) is 0 Å². The minimum Gasteiger partial charge on any atom is -0.481 e. The first-order valence-electron chi connectivity index (χ1n) is 7.03. The van der Waals surface area contributed by atoms with Crippen LogP contribution in [0.2, 0.25) is 0 Å². The molecule has 116 valence electrons. The lowest BCUT2D eigenvalue weighted by Crippen LogP contribution is -2.32. The predicted octanol–water partition coefficient (Wildman–Crippen LogP) is 2.21. The molecule has 0 atom stereocenters. The number of carboxylic acid groups (broad SMARTS) is 1. The van der Waals surface area contributed by atoms with Crippen LogP contribution in [0.5, 0.6) is 0 Å². The number of carboxylic acids is 1. The summed E-state index contributed by atoms with van der Waals surface area (Å²) in [5, 5.41) is 11.7. The van der Waals surface area contributed by atoms with Crippen LogP contribution < -0.4 is 5.32 Å². The summed E-state index contributed by atoms with van der Waals surface area (Å²) in [7, 11) is 0. The van der Waals surface area contributed by atoms with Crippen LogP contribution in [-0.2, 0) is 20.9 Å². The van der Waals surface area contributed by atoms with Gasteiger partial charge >= 0.3 is 5.97 Å².